The molecule has 0 saturated heterocycles. The smallest absolute Gasteiger partial charge is 0.156 e. The Bertz CT molecular complexity index is 566. The van der Waals surface area contributed by atoms with E-state index in [1.807, 2.05) is 18.2 Å². The van der Waals surface area contributed by atoms with Crippen molar-refractivity contribution in [1.82, 2.24) is 0 Å². The average molecular weight is 343 g/mol. The Labute approximate surface area is 153 Å². The molecule has 0 atom stereocenters. The molecular weight excluding hydrogens is 308 g/mol. The molecule has 2 heteroatoms. The summed E-state index contributed by atoms with van der Waals surface area (Å²) in [5, 5.41) is 0. The predicted molar refractivity (Wildman–Crippen MR) is 106 cm³/mol. The van der Waals surface area contributed by atoms with Gasteiger partial charge in [0.05, 0.1) is 6.61 Å². The molecule has 0 aromatic heterocycles. The molecule has 0 N–H and O–H groups in total. The van der Waals surface area contributed by atoms with Crippen LogP contribution in [0.2, 0.25) is 0 Å². The SMILES string of the molecule is CCCCCCCCCOc1ccc(C2=CC(=O)CC(C)(C)C2)cc1. The van der Waals surface area contributed by atoms with E-state index in [0.29, 0.717) is 6.42 Å². The molecule has 0 aliphatic heterocycles. The van der Waals surface area contributed by atoms with Crippen LogP contribution in [0.25, 0.3) is 5.57 Å². The summed E-state index contributed by atoms with van der Waals surface area (Å²) >= 11 is 0. The molecule has 1 aliphatic rings. The van der Waals surface area contributed by atoms with Crippen molar-refractivity contribution in [3.05, 3.63) is 35.9 Å². The summed E-state index contributed by atoms with van der Waals surface area (Å²) in [6.45, 7) is 7.37. The molecule has 0 radical (unpaired) electrons. The number of carbonyl (C=O) groups excluding carboxylic acids is 1. The molecule has 2 nitrogen and oxygen atoms in total. The Morgan fingerprint density at radius 2 is 1.56 bits per heavy atom. The fourth-order valence-electron chi connectivity index (χ4n) is 3.55. The number of hydrogen-bond acceptors (Lipinski definition) is 2. The Morgan fingerprint density at radius 3 is 2.20 bits per heavy atom. The zero-order valence-electron chi connectivity index (χ0n) is 16.3. The Balaban J connectivity index is 1.74. The molecular formula is C23H34O2. The van der Waals surface area contributed by atoms with E-state index in [4.69, 9.17) is 4.74 Å². The van der Waals surface area contributed by atoms with Gasteiger partial charge in [0.25, 0.3) is 0 Å². The van der Waals surface area contributed by atoms with Crippen LogP contribution in [0.4, 0.5) is 0 Å². The van der Waals surface area contributed by atoms with Crippen LogP contribution in [0.1, 0.15) is 84.1 Å². The van der Waals surface area contributed by atoms with E-state index in [0.717, 1.165) is 36.3 Å². The van der Waals surface area contributed by atoms with Crippen molar-refractivity contribution in [3.63, 3.8) is 0 Å². The minimum absolute atomic E-state index is 0.0630. The summed E-state index contributed by atoms with van der Waals surface area (Å²) in [5.41, 5.74) is 2.36. The highest BCUT2D eigenvalue weighted by molar-refractivity contribution is 5.99. The largest absolute Gasteiger partial charge is 0.494 e. The van der Waals surface area contributed by atoms with Crippen LogP contribution in [0.3, 0.4) is 0 Å². The van der Waals surface area contributed by atoms with Gasteiger partial charge < -0.3 is 4.74 Å². The minimum atomic E-state index is 0.0630. The molecule has 2 rings (SSSR count). The molecule has 25 heavy (non-hydrogen) atoms. The molecule has 138 valence electrons. The van der Waals surface area contributed by atoms with Crippen LogP contribution in [0, 0.1) is 5.41 Å². The normalized spacial score (nSPS) is 16.6. The van der Waals surface area contributed by atoms with Gasteiger partial charge in [-0.25, -0.2) is 0 Å². The van der Waals surface area contributed by atoms with Crippen molar-refractivity contribution in [3.8, 4) is 5.75 Å². The maximum absolute atomic E-state index is 11.9. The van der Waals surface area contributed by atoms with Crippen molar-refractivity contribution in [1.29, 1.82) is 0 Å². The van der Waals surface area contributed by atoms with Crippen molar-refractivity contribution < 1.29 is 9.53 Å². The molecule has 1 aliphatic carbocycles. The standard InChI is InChI=1S/C23H34O2/c1-4-5-6-7-8-9-10-15-25-22-13-11-19(12-14-22)20-16-21(24)18-23(2,3)17-20/h11-14,16H,4-10,15,17-18H2,1-3H3. The molecule has 0 heterocycles. The minimum Gasteiger partial charge on any atom is -0.494 e. The maximum atomic E-state index is 11.9. The number of hydrogen-bond donors (Lipinski definition) is 0. The van der Waals surface area contributed by atoms with Gasteiger partial charge in [0.15, 0.2) is 5.78 Å². The van der Waals surface area contributed by atoms with Gasteiger partial charge in [0.1, 0.15) is 5.75 Å². The maximum Gasteiger partial charge on any atom is 0.156 e. The molecule has 0 bridgehead atoms. The topological polar surface area (TPSA) is 26.3 Å². The lowest BCUT2D eigenvalue weighted by atomic mass is 9.75. The van der Waals surface area contributed by atoms with Gasteiger partial charge in [0, 0.05) is 6.42 Å². The molecule has 0 fully saturated rings. The summed E-state index contributed by atoms with van der Waals surface area (Å²) in [7, 11) is 0. The average Bonchev–Trinajstić information content (AvgIpc) is 2.56. The first kappa shape index (κ1) is 19.8. The number of benzene rings is 1. The van der Waals surface area contributed by atoms with Gasteiger partial charge >= 0.3 is 0 Å². The third kappa shape index (κ3) is 7.05. The van der Waals surface area contributed by atoms with E-state index in [2.05, 4.69) is 32.9 Å². The fraction of sp³-hybridized carbons (Fsp3) is 0.609. The Hall–Kier alpha value is -1.57. The highest BCUT2D eigenvalue weighted by atomic mass is 16.5. The summed E-state index contributed by atoms with van der Waals surface area (Å²) < 4.78 is 5.85. The van der Waals surface area contributed by atoms with Crippen LogP contribution in [0.15, 0.2) is 30.3 Å². The van der Waals surface area contributed by atoms with Crippen molar-refractivity contribution in [2.75, 3.05) is 6.61 Å². The van der Waals surface area contributed by atoms with Gasteiger partial charge in [-0.2, -0.15) is 0 Å². The van der Waals surface area contributed by atoms with E-state index in [-0.39, 0.29) is 11.2 Å². The molecule has 0 unspecified atom stereocenters. The molecule has 1 aromatic carbocycles. The molecule has 0 spiro atoms. The summed E-state index contributed by atoms with van der Waals surface area (Å²) in [4.78, 5) is 11.9. The van der Waals surface area contributed by atoms with E-state index in [9.17, 15) is 4.79 Å². The van der Waals surface area contributed by atoms with Gasteiger partial charge in [-0.05, 0) is 47.6 Å². The number of unbranched alkanes of at least 4 members (excludes halogenated alkanes) is 6. The Morgan fingerprint density at radius 1 is 0.920 bits per heavy atom. The first-order valence-corrected chi connectivity index (χ1v) is 9.97. The lowest BCUT2D eigenvalue weighted by Crippen LogP contribution is -2.21. The van der Waals surface area contributed by atoms with Crippen LogP contribution < -0.4 is 4.74 Å². The quantitative estimate of drug-likeness (QED) is 0.448. The fourth-order valence-corrected chi connectivity index (χ4v) is 3.55. The summed E-state index contributed by atoms with van der Waals surface area (Å²) in [5.74, 6) is 1.17. The molecule has 0 saturated carbocycles. The van der Waals surface area contributed by atoms with Gasteiger partial charge in [-0.1, -0.05) is 71.4 Å². The van der Waals surface area contributed by atoms with Crippen LogP contribution in [-0.2, 0) is 4.79 Å². The van der Waals surface area contributed by atoms with Crippen molar-refractivity contribution >= 4 is 11.4 Å². The van der Waals surface area contributed by atoms with Crippen LogP contribution >= 0.6 is 0 Å². The van der Waals surface area contributed by atoms with Gasteiger partial charge in [0.2, 0.25) is 0 Å². The van der Waals surface area contributed by atoms with Crippen LogP contribution in [0.5, 0.6) is 5.75 Å². The zero-order chi connectivity index (χ0) is 18.1. The van der Waals surface area contributed by atoms with E-state index < -0.39 is 0 Å². The lowest BCUT2D eigenvalue weighted by Gasteiger charge is -2.29. The monoisotopic (exact) mass is 342 g/mol. The second-order valence-corrected chi connectivity index (χ2v) is 8.15. The first-order chi connectivity index (χ1) is 12.0. The van der Waals surface area contributed by atoms with Crippen LogP contribution in [-0.4, -0.2) is 12.4 Å². The highest BCUT2D eigenvalue weighted by Crippen LogP contribution is 2.38. The molecule has 1 aromatic rings. The number of rotatable bonds is 10. The number of ether oxygens (including phenoxy) is 1. The van der Waals surface area contributed by atoms with E-state index in [1.165, 1.54) is 38.5 Å². The van der Waals surface area contributed by atoms with E-state index in [1.54, 1.807) is 0 Å². The summed E-state index contributed by atoms with van der Waals surface area (Å²) in [6, 6.07) is 8.23. The second-order valence-electron chi connectivity index (χ2n) is 8.15. The number of allylic oxidation sites excluding steroid dienone is 2. The van der Waals surface area contributed by atoms with Gasteiger partial charge in [-0.3, -0.25) is 4.79 Å². The molecule has 0 amide bonds. The second kappa shape index (κ2) is 9.79. The third-order valence-corrected chi connectivity index (χ3v) is 4.90. The first-order valence-electron chi connectivity index (χ1n) is 9.97. The summed E-state index contributed by atoms with van der Waals surface area (Å²) in [6.07, 6.45) is 12.5. The highest BCUT2D eigenvalue weighted by Gasteiger charge is 2.27. The zero-order valence-corrected chi connectivity index (χ0v) is 16.3. The van der Waals surface area contributed by atoms with Crippen molar-refractivity contribution in [2.45, 2.75) is 78.6 Å². The Kier molecular flexibility index (Phi) is 7.74. The van der Waals surface area contributed by atoms with Crippen molar-refractivity contribution in [2.24, 2.45) is 5.41 Å². The number of carbonyl (C=O) groups is 1. The van der Waals surface area contributed by atoms with E-state index >= 15 is 0 Å². The lowest BCUT2D eigenvalue weighted by molar-refractivity contribution is -0.116. The predicted octanol–water partition coefficient (Wildman–Crippen LogP) is 6.59. The third-order valence-electron chi connectivity index (χ3n) is 4.90. The van der Waals surface area contributed by atoms with Gasteiger partial charge in [-0.15, -0.1) is 0 Å². The number of ketones is 1.